The van der Waals surface area contributed by atoms with E-state index in [1.54, 1.807) is 11.3 Å². The van der Waals surface area contributed by atoms with Crippen LogP contribution in [0.1, 0.15) is 17.7 Å². The number of thiophene rings is 1. The molecule has 0 spiro atoms. The van der Waals surface area contributed by atoms with E-state index in [0.29, 0.717) is 19.4 Å². The molecule has 0 aromatic carbocycles. The van der Waals surface area contributed by atoms with E-state index < -0.39 is 6.04 Å². The summed E-state index contributed by atoms with van der Waals surface area (Å²) >= 11 is 1.64. The molecule has 16 heavy (non-hydrogen) atoms. The predicted molar refractivity (Wildman–Crippen MR) is 60.1 cm³/mol. The molecule has 1 aromatic heterocycles. The zero-order chi connectivity index (χ0) is 11.4. The van der Waals surface area contributed by atoms with Crippen molar-refractivity contribution in [2.45, 2.75) is 25.3 Å². The highest BCUT2D eigenvalue weighted by atomic mass is 32.1. The monoisotopic (exact) mass is 239 g/mol. The average Bonchev–Trinajstić information content (AvgIpc) is 2.88. The van der Waals surface area contributed by atoms with Gasteiger partial charge in [0.05, 0.1) is 6.61 Å². The highest BCUT2D eigenvalue weighted by Crippen LogP contribution is 2.11. The van der Waals surface area contributed by atoms with Crippen molar-refractivity contribution in [3.8, 4) is 0 Å². The maximum atomic E-state index is 11.5. The van der Waals surface area contributed by atoms with Gasteiger partial charge in [0.15, 0.2) is 0 Å². The molecule has 1 amide bonds. The van der Waals surface area contributed by atoms with Crippen molar-refractivity contribution in [1.29, 1.82) is 0 Å². The van der Waals surface area contributed by atoms with E-state index in [2.05, 4.69) is 5.32 Å². The van der Waals surface area contributed by atoms with Crippen molar-refractivity contribution >= 4 is 23.2 Å². The summed E-state index contributed by atoms with van der Waals surface area (Å²) in [5.41, 5.74) is 0. The van der Waals surface area contributed by atoms with Gasteiger partial charge in [-0.15, -0.1) is 11.3 Å². The first-order chi connectivity index (χ1) is 7.75. The Hall–Kier alpha value is -1.36. The van der Waals surface area contributed by atoms with Gasteiger partial charge in [0.2, 0.25) is 5.91 Å². The smallest absolute Gasteiger partial charge is 0.328 e. The summed E-state index contributed by atoms with van der Waals surface area (Å²) in [6, 6.07) is 3.53. The highest BCUT2D eigenvalue weighted by molar-refractivity contribution is 7.09. The summed E-state index contributed by atoms with van der Waals surface area (Å²) in [6.07, 6.45) is 1.74. The first-order valence-electron chi connectivity index (χ1n) is 5.24. The number of amides is 1. The molecule has 0 radical (unpaired) electrons. The third-order valence-electron chi connectivity index (χ3n) is 2.45. The molecule has 1 atom stereocenters. The van der Waals surface area contributed by atoms with Gasteiger partial charge < -0.3 is 10.1 Å². The third kappa shape index (κ3) is 2.82. The first-order valence-corrected chi connectivity index (χ1v) is 6.12. The average molecular weight is 239 g/mol. The van der Waals surface area contributed by atoms with Gasteiger partial charge >= 0.3 is 5.97 Å². The van der Waals surface area contributed by atoms with Crippen LogP contribution in [0.15, 0.2) is 17.5 Å². The number of cyclic esters (lactones) is 1. The third-order valence-corrected chi connectivity index (χ3v) is 3.39. The van der Waals surface area contributed by atoms with Crippen molar-refractivity contribution < 1.29 is 14.3 Å². The van der Waals surface area contributed by atoms with Crippen LogP contribution in [0.5, 0.6) is 0 Å². The number of carbonyl (C=O) groups excluding carboxylic acids is 2. The van der Waals surface area contributed by atoms with E-state index in [1.165, 1.54) is 4.88 Å². The van der Waals surface area contributed by atoms with E-state index in [4.69, 9.17) is 4.74 Å². The molecule has 2 heterocycles. The molecule has 86 valence electrons. The Morgan fingerprint density at radius 1 is 1.62 bits per heavy atom. The number of nitrogens with one attached hydrogen (secondary N) is 1. The summed E-state index contributed by atoms with van der Waals surface area (Å²) in [5, 5.41) is 4.67. The van der Waals surface area contributed by atoms with Gasteiger partial charge in [-0.2, -0.15) is 0 Å². The minimum Gasteiger partial charge on any atom is -0.464 e. The maximum absolute atomic E-state index is 11.5. The van der Waals surface area contributed by atoms with Gasteiger partial charge in [-0.05, 0) is 17.9 Å². The molecule has 1 N–H and O–H groups in total. The van der Waals surface area contributed by atoms with Gasteiger partial charge in [-0.25, -0.2) is 4.79 Å². The molecule has 0 bridgehead atoms. The molecule has 1 aromatic rings. The fraction of sp³-hybridized carbons (Fsp3) is 0.455. The molecular formula is C11H13NO3S. The zero-order valence-electron chi connectivity index (χ0n) is 8.77. The molecule has 2 rings (SSSR count). The number of carbonyl (C=O) groups is 2. The molecule has 4 nitrogen and oxygen atoms in total. The Bertz CT molecular complexity index is 375. The number of hydrogen-bond acceptors (Lipinski definition) is 4. The van der Waals surface area contributed by atoms with E-state index in [-0.39, 0.29) is 11.9 Å². The first kappa shape index (κ1) is 11.1. The molecule has 5 heteroatoms. The Balaban J connectivity index is 1.74. The number of rotatable bonds is 4. The second kappa shape index (κ2) is 5.12. The number of ether oxygens (including phenoxy) is 1. The van der Waals surface area contributed by atoms with Gasteiger partial charge in [0.1, 0.15) is 6.04 Å². The topological polar surface area (TPSA) is 55.4 Å². The quantitative estimate of drug-likeness (QED) is 0.801. The van der Waals surface area contributed by atoms with Crippen molar-refractivity contribution in [2.75, 3.05) is 6.61 Å². The molecule has 0 saturated carbocycles. The van der Waals surface area contributed by atoms with E-state index in [9.17, 15) is 9.59 Å². The lowest BCUT2D eigenvalue weighted by Crippen LogP contribution is -2.37. The van der Waals surface area contributed by atoms with Crippen LogP contribution >= 0.6 is 11.3 Å². The van der Waals surface area contributed by atoms with Crippen LogP contribution in [0.25, 0.3) is 0 Å². The normalized spacial score (nSPS) is 19.5. The van der Waals surface area contributed by atoms with Crippen molar-refractivity contribution in [1.82, 2.24) is 5.32 Å². The standard InChI is InChI=1S/C11H13NO3S/c13-10(4-3-8-2-1-7-16-8)12-9-5-6-15-11(9)14/h1-2,7,9H,3-6H2,(H,12,13). The number of esters is 1. The summed E-state index contributed by atoms with van der Waals surface area (Å²) in [5.74, 6) is -0.401. The van der Waals surface area contributed by atoms with Crippen LogP contribution in [0.4, 0.5) is 0 Å². The van der Waals surface area contributed by atoms with Crippen LogP contribution in [-0.2, 0) is 20.7 Å². The van der Waals surface area contributed by atoms with Gasteiger partial charge in [0.25, 0.3) is 0 Å². The maximum Gasteiger partial charge on any atom is 0.328 e. The SMILES string of the molecule is O=C(CCc1cccs1)NC1CCOC1=O. The lowest BCUT2D eigenvalue weighted by atomic mass is 10.2. The molecular weight excluding hydrogens is 226 g/mol. The molecule has 1 aliphatic heterocycles. The Labute approximate surface area is 97.6 Å². The largest absolute Gasteiger partial charge is 0.464 e. The van der Waals surface area contributed by atoms with Gasteiger partial charge in [-0.1, -0.05) is 6.07 Å². The Kier molecular flexibility index (Phi) is 3.56. The molecule has 1 fully saturated rings. The highest BCUT2D eigenvalue weighted by Gasteiger charge is 2.27. The lowest BCUT2D eigenvalue weighted by Gasteiger charge is -2.07. The predicted octanol–water partition coefficient (Wildman–Crippen LogP) is 1.11. The summed E-state index contributed by atoms with van der Waals surface area (Å²) < 4.78 is 4.77. The Morgan fingerprint density at radius 2 is 2.50 bits per heavy atom. The van der Waals surface area contributed by atoms with Gasteiger partial charge in [-0.3, -0.25) is 4.79 Å². The van der Waals surface area contributed by atoms with Crippen LogP contribution in [-0.4, -0.2) is 24.5 Å². The fourth-order valence-corrected chi connectivity index (χ4v) is 2.29. The van der Waals surface area contributed by atoms with Crippen molar-refractivity contribution in [2.24, 2.45) is 0 Å². The lowest BCUT2D eigenvalue weighted by molar-refractivity contribution is -0.141. The fourth-order valence-electron chi connectivity index (χ4n) is 1.58. The van der Waals surface area contributed by atoms with Crippen LogP contribution in [0.2, 0.25) is 0 Å². The van der Waals surface area contributed by atoms with E-state index in [0.717, 1.165) is 6.42 Å². The second-order valence-electron chi connectivity index (χ2n) is 3.66. The molecule has 1 aliphatic rings. The van der Waals surface area contributed by atoms with E-state index >= 15 is 0 Å². The summed E-state index contributed by atoms with van der Waals surface area (Å²) in [6.45, 7) is 0.411. The number of hydrogen-bond donors (Lipinski definition) is 1. The molecule has 0 aliphatic carbocycles. The minimum absolute atomic E-state index is 0.0859. The Morgan fingerprint density at radius 3 is 3.12 bits per heavy atom. The molecule has 1 saturated heterocycles. The second-order valence-corrected chi connectivity index (χ2v) is 4.69. The van der Waals surface area contributed by atoms with Gasteiger partial charge in [0, 0.05) is 17.7 Å². The van der Waals surface area contributed by atoms with Crippen molar-refractivity contribution in [3.63, 3.8) is 0 Å². The molecule has 1 unspecified atom stereocenters. The zero-order valence-corrected chi connectivity index (χ0v) is 9.59. The van der Waals surface area contributed by atoms with E-state index in [1.807, 2.05) is 17.5 Å². The summed E-state index contributed by atoms with van der Waals surface area (Å²) in [4.78, 5) is 23.8. The summed E-state index contributed by atoms with van der Waals surface area (Å²) in [7, 11) is 0. The van der Waals surface area contributed by atoms with Crippen LogP contribution in [0, 0.1) is 0 Å². The number of aryl methyl sites for hydroxylation is 1. The van der Waals surface area contributed by atoms with Crippen LogP contribution in [0.3, 0.4) is 0 Å². The van der Waals surface area contributed by atoms with Crippen molar-refractivity contribution in [3.05, 3.63) is 22.4 Å². The minimum atomic E-state index is -0.434. The van der Waals surface area contributed by atoms with Crippen LogP contribution < -0.4 is 5.32 Å².